The summed E-state index contributed by atoms with van der Waals surface area (Å²) in [5, 5.41) is 5.82. The van der Waals surface area contributed by atoms with Gasteiger partial charge in [-0.25, -0.2) is 4.98 Å². The predicted molar refractivity (Wildman–Crippen MR) is 95.1 cm³/mol. The number of nitrogens with zero attached hydrogens (tertiary/aromatic N) is 2. The van der Waals surface area contributed by atoms with E-state index in [1.165, 1.54) is 0 Å². The van der Waals surface area contributed by atoms with Gasteiger partial charge in [0.1, 0.15) is 5.82 Å². The Morgan fingerprint density at radius 3 is 2.45 bits per heavy atom. The molecule has 1 heterocycles. The van der Waals surface area contributed by atoms with Gasteiger partial charge in [-0.3, -0.25) is 4.79 Å². The molecule has 2 aromatic rings. The molecule has 1 aromatic heterocycles. The van der Waals surface area contributed by atoms with Gasteiger partial charge in [-0.1, -0.05) is 12.1 Å². The van der Waals surface area contributed by atoms with E-state index in [0.29, 0.717) is 12.6 Å². The monoisotopic (exact) mass is 346 g/mol. The first-order chi connectivity index (χ1) is 9.54. The quantitative estimate of drug-likeness (QED) is 0.874. The largest absolute Gasteiger partial charge is 0.345 e. The first-order valence-corrected chi connectivity index (χ1v) is 6.95. The molecule has 0 aliphatic heterocycles. The molecule has 0 spiro atoms. The molecule has 5 nitrogen and oxygen atoms in total. The summed E-state index contributed by atoms with van der Waals surface area (Å²) in [5.74, 6) is 0.869. The number of imidazole rings is 1. The van der Waals surface area contributed by atoms with E-state index in [4.69, 9.17) is 0 Å². The lowest BCUT2D eigenvalue weighted by Gasteiger charge is -2.18. The van der Waals surface area contributed by atoms with Crippen LogP contribution in [0.4, 0.5) is 0 Å². The number of likely N-dealkylation sites (N-methyl/N-ethyl adjacent to an activating group) is 1. The summed E-state index contributed by atoms with van der Waals surface area (Å²) in [7, 11) is 1.76. The number of amides is 1. The van der Waals surface area contributed by atoms with Crippen LogP contribution in [0.3, 0.4) is 0 Å². The van der Waals surface area contributed by atoms with Gasteiger partial charge in [-0.15, -0.1) is 24.8 Å². The number of hydrogen-bond acceptors (Lipinski definition) is 3. The van der Waals surface area contributed by atoms with Crippen LogP contribution < -0.4 is 10.6 Å². The van der Waals surface area contributed by atoms with Crippen LogP contribution in [0, 0.1) is 0 Å². The minimum atomic E-state index is -0.120. The molecule has 2 rings (SSSR count). The molecule has 0 fully saturated rings. The van der Waals surface area contributed by atoms with Gasteiger partial charge in [0.25, 0.3) is 0 Å². The zero-order valence-electron chi connectivity index (χ0n) is 13.3. The van der Waals surface area contributed by atoms with Crippen LogP contribution in [-0.2, 0) is 4.79 Å². The molecule has 1 unspecified atom stereocenters. The number of hydrogen-bond donors (Lipinski definition) is 2. The standard InChI is InChI=1S/C15H22N4O.2ClH/c1-10(2)19-13-8-6-5-7-12(13)18-15(19)11(3)17-14(20)9-16-4;;/h5-8,10-11,16H,9H2,1-4H3,(H,17,20);2*1H. The Bertz CT molecular complexity index is 613. The molecule has 22 heavy (non-hydrogen) atoms. The lowest BCUT2D eigenvalue weighted by molar-refractivity contribution is -0.120. The number of halogens is 2. The molecule has 0 aliphatic rings. The van der Waals surface area contributed by atoms with Gasteiger partial charge >= 0.3 is 0 Å². The second-order valence-electron chi connectivity index (χ2n) is 5.24. The number of rotatable bonds is 5. The highest BCUT2D eigenvalue weighted by Gasteiger charge is 2.19. The third-order valence-electron chi connectivity index (χ3n) is 3.24. The molecule has 0 saturated carbocycles. The van der Waals surface area contributed by atoms with Crippen molar-refractivity contribution in [3.8, 4) is 0 Å². The highest BCUT2D eigenvalue weighted by Crippen LogP contribution is 2.24. The summed E-state index contributed by atoms with van der Waals surface area (Å²) >= 11 is 0. The Morgan fingerprint density at radius 1 is 1.23 bits per heavy atom. The number of aromatic nitrogens is 2. The number of carbonyl (C=O) groups is 1. The second kappa shape index (κ2) is 8.98. The Hall–Kier alpha value is -1.30. The molecule has 0 bridgehead atoms. The van der Waals surface area contributed by atoms with E-state index >= 15 is 0 Å². The van der Waals surface area contributed by atoms with Crippen molar-refractivity contribution in [2.24, 2.45) is 0 Å². The predicted octanol–water partition coefficient (Wildman–Crippen LogP) is 2.86. The van der Waals surface area contributed by atoms with Gasteiger partial charge in [0.05, 0.1) is 23.6 Å². The minimum absolute atomic E-state index is 0. The van der Waals surface area contributed by atoms with Crippen LogP contribution in [0.1, 0.15) is 38.7 Å². The Labute approximate surface area is 143 Å². The summed E-state index contributed by atoms with van der Waals surface area (Å²) in [4.78, 5) is 16.4. The number of para-hydroxylation sites is 2. The van der Waals surface area contributed by atoms with E-state index in [2.05, 4.69) is 40.1 Å². The maximum absolute atomic E-state index is 11.7. The van der Waals surface area contributed by atoms with Crippen molar-refractivity contribution in [2.45, 2.75) is 32.9 Å². The topological polar surface area (TPSA) is 59.0 Å². The average molecular weight is 347 g/mol. The van der Waals surface area contributed by atoms with Crippen molar-refractivity contribution in [1.82, 2.24) is 20.2 Å². The normalized spacial score (nSPS) is 11.7. The maximum atomic E-state index is 11.7. The molecular formula is C15H24Cl2N4O. The van der Waals surface area contributed by atoms with Crippen molar-refractivity contribution in [1.29, 1.82) is 0 Å². The smallest absolute Gasteiger partial charge is 0.234 e. The molecule has 1 atom stereocenters. The number of fused-ring (bicyclic) bond motifs is 1. The van der Waals surface area contributed by atoms with E-state index in [9.17, 15) is 4.79 Å². The van der Waals surface area contributed by atoms with Gasteiger partial charge < -0.3 is 15.2 Å². The molecule has 0 radical (unpaired) electrons. The van der Waals surface area contributed by atoms with E-state index in [0.717, 1.165) is 16.9 Å². The Balaban J connectivity index is 0.00000220. The van der Waals surface area contributed by atoms with Crippen LogP contribution in [-0.4, -0.2) is 29.1 Å². The second-order valence-corrected chi connectivity index (χ2v) is 5.24. The van der Waals surface area contributed by atoms with E-state index < -0.39 is 0 Å². The van der Waals surface area contributed by atoms with Crippen molar-refractivity contribution >= 4 is 41.8 Å². The fourth-order valence-corrected chi connectivity index (χ4v) is 2.43. The molecule has 0 aliphatic carbocycles. The molecule has 2 N–H and O–H groups in total. The third kappa shape index (κ3) is 4.35. The zero-order valence-corrected chi connectivity index (χ0v) is 14.9. The van der Waals surface area contributed by atoms with E-state index in [1.54, 1.807) is 7.05 Å². The highest BCUT2D eigenvalue weighted by atomic mass is 35.5. The SMILES string of the molecule is CNCC(=O)NC(C)c1nc2ccccc2n1C(C)C.Cl.Cl. The first-order valence-electron chi connectivity index (χ1n) is 6.95. The Morgan fingerprint density at radius 2 is 1.86 bits per heavy atom. The summed E-state index contributed by atoms with van der Waals surface area (Å²) in [5.41, 5.74) is 2.07. The van der Waals surface area contributed by atoms with Crippen LogP contribution in [0.5, 0.6) is 0 Å². The van der Waals surface area contributed by atoms with Crippen molar-refractivity contribution < 1.29 is 4.79 Å². The molecule has 1 aromatic carbocycles. The van der Waals surface area contributed by atoms with Gasteiger partial charge in [0.15, 0.2) is 0 Å². The third-order valence-corrected chi connectivity index (χ3v) is 3.24. The maximum Gasteiger partial charge on any atom is 0.234 e. The molecule has 124 valence electrons. The minimum Gasteiger partial charge on any atom is -0.345 e. The van der Waals surface area contributed by atoms with Crippen LogP contribution in [0.2, 0.25) is 0 Å². The average Bonchev–Trinajstić information content (AvgIpc) is 2.78. The lowest BCUT2D eigenvalue weighted by atomic mass is 10.2. The highest BCUT2D eigenvalue weighted by molar-refractivity contribution is 5.85. The fraction of sp³-hybridized carbons (Fsp3) is 0.467. The summed E-state index contributed by atoms with van der Waals surface area (Å²) in [6.07, 6.45) is 0. The molecule has 7 heteroatoms. The number of nitrogens with one attached hydrogen (secondary N) is 2. The van der Waals surface area contributed by atoms with E-state index in [-0.39, 0.29) is 36.8 Å². The molecular weight excluding hydrogens is 323 g/mol. The number of benzene rings is 1. The van der Waals surface area contributed by atoms with Crippen molar-refractivity contribution in [3.05, 3.63) is 30.1 Å². The van der Waals surface area contributed by atoms with Gasteiger partial charge in [0, 0.05) is 6.04 Å². The van der Waals surface area contributed by atoms with E-state index in [1.807, 2.05) is 25.1 Å². The van der Waals surface area contributed by atoms with Gasteiger partial charge in [-0.2, -0.15) is 0 Å². The van der Waals surface area contributed by atoms with Crippen molar-refractivity contribution in [3.63, 3.8) is 0 Å². The number of carbonyl (C=O) groups excluding carboxylic acids is 1. The fourth-order valence-electron chi connectivity index (χ4n) is 2.43. The summed E-state index contributed by atoms with van der Waals surface area (Å²) < 4.78 is 2.18. The Kier molecular flexibility index (Phi) is 8.45. The van der Waals surface area contributed by atoms with Crippen LogP contribution in [0.25, 0.3) is 11.0 Å². The summed E-state index contributed by atoms with van der Waals surface area (Å²) in [6, 6.07) is 8.23. The van der Waals surface area contributed by atoms with Gasteiger partial charge in [0.2, 0.25) is 5.91 Å². The molecule has 1 amide bonds. The molecule has 0 saturated heterocycles. The van der Waals surface area contributed by atoms with Gasteiger partial charge in [-0.05, 0) is 40.0 Å². The summed E-state index contributed by atoms with van der Waals surface area (Å²) in [6.45, 7) is 6.53. The first kappa shape index (κ1) is 20.7. The van der Waals surface area contributed by atoms with Crippen LogP contribution >= 0.6 is 24.8 Å². The zero-order chi connectivity index (χ0) is 14.7. The van der Waals surface area contributed by atoms with Crippen molar-refractivity contribution in [2.75, 3.05) is 13.6 Å². The van der Waals surface area contributed by atoms with Crippen LogP contribution in [0.15, 0.2) is 24.3 Å². The lowest BCUT2D eigenvalue weighted by Crippen LogP contribution is -2.35.